The van der Waals surface area contributed by atoms with Gasteiger partial charge in [-0.3, -0.25) is 9.59 Å². The minimum Gasteiger partial charge on any atom is -0.497 e. The predicted molar refractivity (Wildman–Crippen MR) is 109 cm³/mol. The second-order valence-electron chi connectivity index (χ2n) is 7.10. The third-order valence-electron chi connectivity index (χ3n) is 5.20. The van der Waals surface area contributed by atoms with E-state index in [0.29, 0.717) is 50.3 Å². The number of carbonyl (C=O) groups excluding carboxylic acids is 2. The van der Waals surface area contributed by atoms with E-state index in [4.69, 9.17) is 10.5 Å². The maximum Gasteiger partial charge on any atom is 0.254 e. The Balaban J connectivity index is 1.50. The van der Waals surface area contributed by atoms with Crippen LogP contribution < -0.4 is 10.5 Å². The summed E-state index contributed by atoms with van der Waals surface area (Å²) in [4.78, 5) is 28.9. The topological polar surface area (TPSA) is 75.9 Å². The summed E-state index contributed by atoms with van der Waals surface area (Å²) in [5.41, 5.74) is 9.07. The maximum atomic E-state index is 12.8. The lowest BCUT2D eigenvalue weighted by Crippen LogP contribution is -2.50. The van der Waals surface area contributed by atoms with Gasteiger partial charge in [-0.2, -0.15) is 0 Å². The zero-order valence-electron chi connectivity index (χ0n) is 16.5. The Morgan fingerprint density at radius 3 is 2.29 bits per heavy atom. The van der Waals surface area contributed by atoms with Crippen molar-refractivity contribution in [2.24, 2.45) is 0 Å². The van der Waals surface area contributed by atoms with E-state index in [9.17, 15) is 9.59 Å². The van der Waals surface area contributed by atoms with Crippen molar-refractivity contribution in [3.8, 4) is 5.75 Å². The lowest BCUT2D eigenvalue weighted by atomic mass is 10.1. The summed E-state index contributed by atoms with van der Waals surface area (Å²) in [6.07, 6.45) is 1.17. The van der Waals surface area contributed by atoms with Crippen LogP contribution in [-0.4, -0.2) is 54.9 Å². The SMILES string of the molecule is COc1ccc(CCC(=O)N2CCN(C(=O)c3cc(N)ccc3C)CC2)cc1. The largest absolute Gasteiger partial charge is 0.497 e. The van der Waals surface area contributed by atoms with Gasteiger partial charge in [-0.15, -0.1) is 0 Å². The molecule has 2 aromatic carbocycles. The number of amides is 2. The second-order valence-corrected chi connectivity index (χ2v) is 7.10. The number of carbonyl (C=O) groups is 2. The Hall–Kier alpha value is -3.02. The predicted octanol–water partition coefficient (Wildman–Crippen LogP) is 2.50. The van der Waals surface area contributed by atoms with Crippen LogP contribution in [0.1, 0.15) is 27.9 Å². The van der Waals surface area contributed by atoms with Crippen LogP contribution >= 0.6 is 0 Å². The highest BCUT2D eigenvalue weighted by Crippen LogP contribution is 2.17. The molecule has 28 heavy (non-hydrogen) atoms. The number of aryl methyl sites for hydroxylation is 2. The van der Waals surface area contributed by atoms with Crippen molar-refractivity contribution in [3.63, 3.8) is 0 Å². The summed E-state index contributed by atoms with van der Waals surface area (Å²) in [6.45, 7) is 4.12. The number of hydrogen-bond acceptors (Lipinski definition) is 4. The van der Waals surface area contributed by atoms with E-state index in [1.165, 1.54) is 0 Å². The van der Waals surface area contributed by atoms with Crippen molar-refractivity contribution in [2.45, 2.75) is 19.8 Å². The van der Waals surface area contributed by atoms with Crippen molar-refractivity contribution in [3.05, 3.63) is 59.2 Å². The molecule has 2 aromatic rings. The molecule has 3 rings (SSSR count). The first-order chi connectivity index (χ1) is 13.5. The molecule has 1 aliphatic heterocycles. The van der Waals surface area contributed by atoms with Gasteiger partial charge in [0.1, 0.15) is 5.75 Å². The minimum atomic E-state index is -0.0184. The van der Waals surface area contributed by atoms with Crippen molar-refractivity contribution >= 4 is 17.5 Å². The number of piperazine rings is 1. The summed E-state index contributed by atoms with van der Waals surface area (Å²) in [6, 6.07) is 13.2. The molecule has 0 aliphatic carbocycles. The highest BCUT2D eigenvalue weighted by molar-refractivity contribution is 5.96. The molecule has 2 N–H and O–H groups in total. The second kappa shape index (κ2) is 8.78. The molecule has 0 bridgehead atoms. The van der Waals surface area contributed by atoms with Crippen LogP contribution in [0, 0.1) is 6.92 Å². The van der Waals surface area contributed by atoms with E-state index in [-0.39, 0.29) is 11.8 Å². The van der Waals surface area contributed by atoms with Crippen LogP contribution in [0.2, 0.25) is 0 Å². The Kier molecular flexibility index (Phi) is 6.19. The first-order valence-electron chi connectivity index (χ1n) is 9.54. The molecule has 0 radical (unpaired) electrons. The fraction of sp³-hybridized carbons (Fsp3) is 0.364. The summed E-state index contributed by atoms with van der Waals surface area (Å²) < 4.78 is 5.15. The van der Waals surface area contributed by atoms with E-state index < -0.39 is 0 Å². The monoisotopic (exact) mass is 381 g/mol. The molecule has 1 aliphatic rings. The highest BCUT2D eigenvalue weighted by Gasteiger charge is 2.25. The average Bonchev–Trinajstić information content (AvgIpc) is 2.73. The Morgan fingerprint density at radius 2 is 1.64 bits per heavy atom. The molecule has 1 fully saturated rings. The number of methoxy groups -OCH3 is 1. The van der Waals surface area contributed by atoms with Gasteiger partial charge < -0.3 is 20.3 Å². The number of ether oxygens (including phenoxy) is 1. The van der Waals surface area contributed by atoms with Gasteiger partial charge in [0.05, 0.1) is 7.11 Å². The van der Waals surface area contributed by atoms with Gasteiger partial charge in [0.2, 0.25) is 5.91 Å². The third-order valence-corrected chi connectivity index (χ3v) is 5.20. The molecule has 1 saturated heterocycles. The van der Waals surface area contributed by atoms with Crippen LogP contribution in [0.5, 0.6) is 5.75 Å². The van der Waals surface area contributed by atoms with Gasteiger partial charge in [0.25, 0.3) is 5.91 Å². The maximum absolute atomic E-state index is 12.8. The van der Waals surface area contributed by atoms with E-state index in [1.807, 2.05) is 42.2 Å². The number of nitrogens with two attached hydrogens (primary N) is 1. The van der Waals surface area contributed by atoms with E-state index in [2.05, 4.69) is 0 Å². The van der Waals surface area contributed by atoms with Crippen LogP contribution in [0.25, 0.3) is 0 Å². The van der Waals surface area contributed by atoms with Crippen molar-refractivity contribution < 1.29 is 14.3 Å². The smallest absolute Gasteiger partial charge is 0.254 e. The van der Waals surface area contributed by atoms with E-state index in [1.54, 1.807) is 24.1 Å². The zero-order chi connectivity index (χ0) is 20.1. The number of hydrogen-bond donors (Lipinski definition) is 1. The molecular weight excluding hydrogens is 354 g/mol. The number of anilines is 1. The molecular formula is C22H27N3O3. The fourth-order valence-electron chi connectivity index (χ4n) is 3.40. The molecule has 6 nitrogen and oxygen atoms in total. The Labute approximate surface area is 165 Å². The van der Waals surface area contributed by atoms with Gasteiger partial charge in [-0.1, -0.05) is 18.2 Å². The molecule has 1 heterocycles. The lowest BCUT2D eigenvalue weighted by Gasteiger charge is -2.35. The molecule has 148 valence electrons. The molecule has 6 heteroatoms. The van der Waals surface area contributed by atoms with Crippen LogP contribution in [0.3, 0.4) is 0 Å². The van der Waals surface area contributed by atoms with E-state index >= 15 is 0 Å². The van der Waals surface area contributed by atoms with Crippen LogP contribution in [-0.2, 0) is 11.2 Å². The first kappa shape index (κ1) is 19.7. The molecule has 0 atom stereocenters. The van der Waals surface area contributed by atoms with Gasteiger partial charge in [-0.25, -0.2) is 0 Å². The highest BCUT2D eigenvalue weighted by atomic mass is 16.5. The summed E-state index contributed by atoms with van der Waals surface area (Å²) >= 11 is 0. The average molecular weight is 381 g/mol. The Morgan fingerprint density at radius 1 is 1.00 bits per heavy atom. The normalized spacial score (nSPS) is 14.1. The van der Waals surface area contributed by atoms with Crippen molar-refractivity contribution in [1.82, 2.24) is 9.80 Å². The minimum absolute atomic E-state index is 0.0184. The number of nitrogen functional groups attached to an aromatic ring is 1. The standard InChI is InChI=1S/C22H27N3O3/c1-16-3-7-18(23)15-20(16)22(27)25-13-11-24(12-14-25)21(26)10-6-17-4-8-19(28-2)9-5-17/h3-5,7-9,15H,6,10-14,23H2,1-2H3. The van der Waals surface area contributed by atoms with Gasteiger partial charge in [0.15, 0.2) is 0 Å². The van der Waals surface area contributed by atoms with Crippen LogP contribution in [0.4, 0.5) is 5.69 Å². The van der Waals surface area contributed by atoms with Crippen molar-refractivity contribution in [2.75, 3.05) is 39.0 Å². The Bertz CT molecular complexity index is 841. The summed E-state index contributed by atoms with van der Waals surface area (Å²) in [5.74, 6) is 0.921. The first-order valence-corrected chi connectivity index (χ1v) is 9.54. The zero-order valence-corrected chi connectivity index (χ0v) is 16.5. The quantitative estimate of drug-likeness (QED) is 0.808. The molecule has 2 amide bonds. The van der Waals surface area contributed by atoms with Gasteiger partial charge in [-0.05, 0) is 48.7 Å². The fourth-order valence-corrected chi connectivity index (χ4v) is 3.40. The van der Waals surface area contributed by atoms with E-state index in [0.717, 1.165) is 16.9 Å². The van der Waals surface area contributed by atoms with Gasteiger partial charge in [0, 0.05) is 43.9 Å². The molecule has 0 spiro atoms. The summed E-state index contributed by atoms with van der Waals surface area (Å²) in [7, 11) is 1.64. The van der Waals surface area contributed by atoms with Crippen LogP contribution in [0.15, 0.2) is 42.5 Å². The molecule has 0 unspecified atom stereocenters. The molecule has 0 aromatic heterocycles. The molecule has 0 saturated carbocycles. The van der Waals surface area contributed by atoms with Crippen molar-refractivity contribution in [1.29, 1.82) is 0 Å². The number of rotatable bonds is 5. The number of nitrogens with zero attached hydrogens (tertiary/aromatic N) is 2. The lowest BCUT2D eigenvalue weighted by molar-refractivity contribution is -0.132. The van der Waals surface area contributed by atoms with Gasteiger partial charge >= 0.3 is 0 Å². The summed E-state index contributed by atoms with van der Waals surface area (Å²) in [5, 5.41) is 0. The third kappa shape index (κ3) is 4.63. The number of benzene rings is 2.